The number of ether oxygens (including phenoxy) is 2. The molecular formula is C11H13BrO3. The van der Waals surface area contributed by atoms with Crippen molar-refractivity contribution in [2.75, 3.05) is 7.11 Å². The first-order valence-corrected chi connectivity index (χ1v) is 5.55. The number of aliphatic hydroxyl groups is 1. The lowest BCUT2D eigenvalue weighted by molar-refractivity contribution is -0.180. The molecule has 1 N–H and O–H groups in total. The predicted molar refractivity (Wildman–Crippen MR) is 59.8 cm³/mol. The second kappa shape index (κ2) is 3.77. The van der Waals surface area contributed by atoms with Crippen LogP contribution in [-0.2, 0) is 4.74 Å². The van der Waals surface area contributed by atoms with Crippen molar-refractivity contribution in [3.63, 3.8) is 0 Å². The second-order valence-electron chi connectivity index (χ2n) is 3.84. The van der Waals surface area contributed by atoms with Crippen LogP contribution in [-0.4, -0.2) is 18.0 Å². The van der Waals surface area contributed by atoms with Gasteiger partial charge in [0.25, 0.3) is 0 Å². The molecule has 1 aromatic rings. The summed E-state index contributed by atoms with van der Waals surface area (Å²) in [6.07, 6.45) is -0.108. The molecule has 2 atom stereocenters. The van der Waals surface area contributed by atoms with Crippen LogP contribution in [0.2, 0.25) is 0 Å². The summed E-state index contributed by atoms with van der Waals surface area (Å²) in [6, 6.07) is 5.58. The van der Waals surface area contributed by atoms with Crippen LogP contribution in [0.1, 0.15) is 25.0 Å². The monoisotopic (exact) mass is 272 g/mol. The molecule has 1 heterocycles. The number of fused-ring (bicyclic) bond motifs is 1. The van der Waals surface area contributed by atoms with E-state index in [4.69, 9.17) is 9.47 Å². The van der Waals surface area contributed by atoms with Gasteiger partial charge in [0, 0.05) is 30.5 Å². The average molecular weight is 273 g/mol. The highest BCUT2D eigenvalue weighted by atomic mass is 79.9. The number of hydrogen-bond acceptors (Lipinski definition) is 3. The molecule has 1 aromatic carbocycles. The molecule has 0 aromatic heterocycles. The summed E-state index contributed by atoms with van der Waals surface area (Å²) in [4.78, 5) is 0. The fourth-order valence-corrected chi connectivity index (χ4v) is 2.11. The molecule has 82 valence electrons. The van der Waals surface area contributed by atoms with E-state index in [0.29, 0.717) is 12.2 Å². The van der Waals surface area contributed by atoms with Gasteiger partial charge in [0.05, 0.1) is 6.10 Å². The highest BCUT2D eigenvalue weighted by Crippen LogP contribution is 2.40. The van der Waals surface area contributed by atoms with Gasteiger partial charge in [0.15, 0.2) is 0 Å². The molecule has 2 rings (SSSR count). The number of methoxy groups -OCH3 is 1. The SMILES string of the molecule is CO[C@@]1(C)C[C@@H](O)c2cc(Br)ccc2O1. The van der Waals surface area contributed by atoms with Gasteiger partial charge in [-0.05, 0) is 18.2 Å². The molecular weight excluding hydrogens is 260 g/mol. The molecule has 0 amide bonds. The van der Waals surface area contributed by atoms with Crippen LogP contribution in [0.5, 0.6) is 5.75 Å². The lowest BCUT2D eigenvalue weighted by Gasteiger charge is -2.36. The van der Waals surface area contributed by atoms with Crippen LogP contribution >= 0.6 is 15.9 Å². The van der Waals surface area contributed by atoms with Gasteiger partial charge in [-0.15, -0.1) is 0 Å². The highest BCUT2D eigenvalue weighted by Gasteiger charge is 2.36. The third-order valence-corrected chi connectivity index (χ3v) is 3.15. The zero-order chi connectivity index (χ0) is 11.1. The van der Waals surface area contributed by atoms with Crippen molar-refractivity contribution in [3.05, 3.63) is 28.2 Å². The van der Waals surface area contributed by atoms with E-state index >= 15 is 0 Å². The lowest BCUT2D eigenvalue weighted by atomic mass is 9.98. The Bertz CT molecular complexity index is 380. The molecule has 0 fully saturated rings. The number of benzene rings is 1. The van der Waals surface area contributed by atoms with Gasteiger partial charge in [-0.3, -0.25) is 0 Å². The Morgan fingerprint density at radius 3 is 3.00 bits per heavy atom. The zero-order valence-electron chi connectivity index (χ0n) is 8.66. The van der Waals surface area contributed by atoms with E-state index in [0.717, 1.165) is 10.0 Å². The Hall–Kier alpha value is -0.580. The van der Waals surface area contributed by atoms with Gasteiger partial charge in [0.1, 0.15) is 5.75 Å². The summed E-state index contributed by atoms with van der Waals surface area (Å²) in [5, 5.41) is 9.97. The summed E-state index contributed by atoms with van der Waals surface area (Å²) in [5.41, 5.74) is 0.805. The maximum atomic E-state index is 9.97. The molecule has 0 unspecified atom stereocenters. The minimum Gasteiger partial charge on any atom is -0.462 e. The van der Waals surface area contributed by atoms with E-state index in [2.05, 4.69) is 15.9 Å². The third kappa shape index (κ3) is 2.02. The van der Waals surface area contributed by atoms with E-state index < -0.39 is 11.9 Å². The van der Waals surface area contributed by atoms with Crippen molar-refractivity contribution >= 4 is 15.9 Å². The minimum atomic E-state index is -0.736. The standard InChI is InChI=1S/C11H13BrO3/c1-11(14-2)6-9(13)8-5-7(12)3-4-10(8)15-11/h3-5,9,13H,6H2,1-2H3/t9-,11-/m1/s1. The molecule has 4 heteroatoms. The normalized spacial score (nSPS) is 29.5. The Morgan fingerprint density at radius 1 is 1.60 bits per heavy atom. The van der Waals surface area contributed by atoms with Crippen molar-refractivity contribution in [2.24, 2.45) is 0 Å². The van der Waals surface area contributed by atoms with Gasteiger partial charge < -0.3 is 14.6 Å². The van der Waals surface area contributed by atoms with Gasteiger partial charge in [-0.2, -0.15) is 0 Å². The first-order chi connectivity index (χ1) is 7.04. The van der Waals surface area contributed by atoms with Crippen molar-refractivity contribution in [1.29, 1.82) is 0 Å². The fraction of sp³-hybridized carbons (Fsp3) is 0.455. The Labute approximate surface area is 97.1 Å². The topological polar surface area (TPSA) is 38.7 Å². The first-order valence-electron chi connectivity index (χ1n) is 4.76. The lowest BCUT2D eigenvalue weighted by Crippen LogP contribution is -2.39. The molecule has 3 nitrogen and oxygen atoms in total. The zero-order valence-corrected chi connectivity index (χ0v) is 10.2. The fourth-order valence-electron chi connectivity index (χ4n) is 1.73. The molecule has 1 aliphatic heterocycles. The summed E-state index contributed by atoms with van der Waals surface area (Å²) >= 11 is 3.37. The summed E-state index contributed by atoms with van der Waals surface area (Å²) in [5.74, 6) is -0.0541. The van der Waals surface area contributed by atoms with E-state index in [1.807, 2.05) is 25.1 Å². The number of rotatable bonds is 1. The van der Waals surface area contributed by atoms with E-state index in [1.54, 1.807) is 7.11 Å². The van der Waals surface area contributed by atoms with E-state index in [-0.39, 0.29) is 0 Å². The summed E-state index contributed by atoms with van der Waals surface area (Å²) < 4.78 is 11.9. The van der Waals surface area contributed by atoms with Crippen LogP contribution in [0.4, 0.5) is 0 Å². The molecule has 15 heavy (non-hydrogen) atoms. The van der Waals surface area contributed by atoms with Crippen LogP contribution in [0.3, 0.4) is 0 Å². The van der Waals surface area contributed by atoms with Crippen LogP contribution in [0.25, 0.3) is 0 Å². The molecule has 0 bridgehead atoms. The largest absolute Gasteiger partial charge is 0.462 e. The van der Waals surface area contributed by atoms with Crippen molar-refractivity contribution in [3.8, 4) is 5.75 Å². The molecule has 0 saturated heterocycles. The van der Waals surface area contributed by atoms with Crippen molar-refractivity contribution in [2.45, 2.75) is 25.2 Å². The van der Waals surface area contributed by atoms with Crippen molar-refractivity contribution in [1.82, 2.24) is 0 Å². The van der Waals surface area contributed by atoms with Gasteiger partial charge in [0.2, 0.25) is 5.79 Å². The number of aliphatic hydroxyl groups excluding tert-OH is 1. The van der Waals surface area contributed by atoms with Gasteiger partial charge >= 0.3 is 0 Å². The van der Waals surface area contributed by atoms with Crippen LogP contribution in [0, 0.1) is 0 Å². The first kappa shape index (κ1) is 10.9. The molecule has 1 aliphatic rings. The average Bonchev–Trinajstić information content (AvgIpc) is 2.20. The number of hydrogen-bond donors (Lipinski definition) is 1. The Balaban J connectivity index is 2.41. The maximum Gasteiger partial charge on any atom is 0.210 e. The highest BCUT2D eigenvalue weighted by molar-refractivity contribution is 9.10. The molecule has 0 spiro atoms. The van der Waals surface area contributed by atoms with E-state index in [9.17, 15) is 5.11 Å². The third-order valence-electron chi connectivity index (χ3n) is 2.65. The van der Waals surface area contributed by atoms with Crippen LogP contribution < -0.4 is 4.74 Å². The summed E-state index contributed by atoms with van der Waals surface area (Å²) in [6.45, 7) is 1.82. The van der Waals surface area contributed by atoms with Crippen molar-refractivity contribution < 1.29 is 14.6 Å². The molecule has 0 radical (unpaired) electrons. The maximum absolute atomic E-state index is 9.97. The van der Waals surface area contributed by atoms with E-state index in [1.165, 1.54) is 0 Å². The smallest absolute Gasteiger partial charge is 0.210 e. The Kier molecular flexibility index (Phi) is 2.75. The van der Waals surface area contributed by atoms with Crippen LogP contribution in [0.15, 0.2) is 22.7 Å². The molecule has 0 aliphatic carbocycles. The summed E-state index contributed by atoms with van der Waals surface area (Å²) in [7, 11) is 1.58. The second-order valence-corrected chi connectivity index (χ2v) is 4.76. The van der Waals surface area contributed by atoms with Gasteiger partial charge in [-0.1, -0.05) is 15.9 Å². The predicted octanol–water partition coefficient (Wildman–Crippen LogP) is 2.63. The molecule has 0 saturated carbocycles. The number of halogens is 1. The minimum absolute atomic E-state index is 0.437. The quantitative estimate of drug-likeness (QED) is 0.854. The Morgan fingerprint density at radius 2 is 2.33 bits per heavy atom. The van der Waals surface area contributed by atoms with Gasteiger partial charge in [-0.25, -0.2) is 0 Å².